The fraction of sp³-hybridized carbons (Fsp3) is 0.882. The highest BCUT2D eigenvalue weighted by Gasteiger charge is 2.42. The molecule has 0 bridgehead atoms. The van der Waals surface area contributed by atoms with Crippen LogP contribution in [0.25, 0.3) is 0 Å². The van der Waals surface area contributed by atoms with E-state index in [1.807, 2.05) is 13.0 Å². The lowest BCUT2D eigenvalue weighted by atomic mass is 9.96. The van der Waals surface area contributed by atoms with E-state index in [-0.39, 0.29) is 13.0 Å². The molecule has 0 saturated heterocycles. The highest BCUT2D eigenvalue weighted by Crippen LogP contribution is 2.29. The number of hydrogen-bond donors (Lipinski definition) is 1. The summed E-state index contributed by atoms with van der Waals surface area (Å²) in [7, 11) is -3.73. The molecule has 6 heteroatoms. The molecule has 0 radical (unpaired) electrons. The Balaban J connectivity index is 4.60. The van der Waals surface area contributed by atoms with Crippen LogP contribution >= 0.6 is 0 Å². The first-order valence-electron chi connectivity index (χ1n) is 8.77. The van der Waals surface area contributed by atoms with Crippen LogP contribution in [0.4, 0.5) is 0 Å². The van der Waals surface area contributed by atoms with Crippen LogP contribution in [0.2, 0.25) is 0 Å². The van der Waals surface area contributed by atoms with Crippen molar-refractivity contribution in [2.75, 3.05) is 6.54 Å². The Kier molecular flexibility index (Phi) is 11.7. The lowest BCUT2D eigenvalue weighted by Gasteiger charge is -2.26. The summed E-state index contributed by atoms with van der Waals surface area (Å²) in [4.78, 5) is 0. The predicted molar refractivity (Wildman–Crippen MR) is 93.0 cm³/mol. The maximum absolute atomic E-state index is 12.5. The molecular weight excluding hydrogens is 310 g/mol. The average molecular weight is 342 g/mol. The van der Waals surface area contributed by atoms with Gasteiger partial charge in [-0.25, -0.2) is 13.1 Å². The Morgan fingerprint density at radius 3 is 2.04 bits per heavy atom. The van der Waals surface area contributed by atoms with Crippen molar-refractivity contribution in [2.45, 2.75) is 89.2 Å². The van der Waals surface area contributed by atoms with Gasteiger partial charge in [0, 0.05) is 13.0 Å². The van der Waals surface area contributed by atoms with Crippen molar-refractivity contribution >= 4 is 10.0 Å². The fourth-order valence-electron chi connectivity index (χ4n) is 2.72. The molecule has 1 atom stereocenters. The highest BCUT2D eigenvalue weighted by molar-refractivity contribution is 7.91. The Bertz CT molecular complexity index is 491. The van der Waals surface area contributed by atoms with E-state index >= 15 is 0 Å². The molecule has 0 aliphatic heterocycles. The third-order valence-electron chi connectivity index (χ3n) is 4.09. The zero-order valence-corrected chi connectivity index (χ0v) is 15.4. The van der Waals surface area contributed by atoms with Crippen molar-refractivity contribution in [3.63, 3.8) is 0 Å². The number of nitrogens with zero attached hydrogens (tertiary/aromatic N) is 2. The van der Waals surface area contributed by atoms with Gasteiger partial charge in [-0.15, -0.1) is 0 Å². The topological polar surface area (TPSA) is 93.8 Å². The maximum atomic E-state index is 12.5. The van der Waals surface area contributed by atoms with E-state index in [9.17, 15) is 13.7 Å². The molecule has 132 valence electrons. The fourth-order valence-corrected chi connectivity index (χ4v) is 4.37. The second-order valence-corrected chi connectivity index (χ2v) is 8.11. The van der Waals surface area contributed by atoms with Crippen LogP contribution in [0.5, 0.6) is 0 Å². The molecule has 0 spiro atoms. The lowest BCUT2D eigenvalue weighted by Crippen LogP contribution is -2.45. The van der Waals surface area contributed by atoms with Gasteiger partial charge in [0.05, 0.1) is 12.1 Å². The monoisotopic (exact) mass is 341 g/mol. The summed E-state index contributed by atoms with van der Waals surface area (Å²) in [5.41, 5.74) is 0. The molecule has 1 unspecified atom stereocenters. The minimum Gasteiger partial charge on any atom is -0.213 e. The highest BCUT2D eigenvalue weighted by atomic mass is 32.2. The van der Waals surface area contributed by atoms with Crippen LogP contribution in [0.3, 0.4) is 0 Å². The largest absolute Gasteiger partial charge is 0.230 e. The molecule has 0 aromatic heterocycles. The van der Waals surface area contributed by atoms with Gasteiger partial charge in [-0.3, -0.25) is 0 Å². The third kappa shape index (κ3) is 7.81. The van der Waals surface area contributed by atoms with E-state index < -0.39 is 14.8 Å². The summed E-state index contributed by atoms with van der Waals surface area (Å²) < 4.78 is 26.1. The number of sulfonamides is 1. The molecule has 1 N–H and O–H groups in total. The number of unbranched alkanes of at least 4 members (excludes halogenated alkanes) is 6. The van der Waals surface area contributed by atoms with Crippen molar-refractivity contribution in [1.29, 1.82) is 10.5 Å². The Labute approximate surface area is 142 Å². The Hall–Kier alpha value is -1.11. The predicted octanol–water partition coefficient (Wildman–Crippen LogP) is 4.02. The zero-order valence-electron chi connectivity index (χ0n) is 14.6. The Morgan fingerprint density at radius 2 is 1.52 bits per heavy atom. The molecule has 5 nitrogen and oxygen atoms in total. The normalized spacial score (nSPS) is 13.9. The smallest absolute Gasteiger partial charge is 0.213 e. The van der Waals surface area contributed by atoms with Gasteiger partial charge in [0.1, 0.15) is 0 Å². The van der Waals surface area contributed by atoms with Gasteiger partial charge in [-0.2, -0.15) is 10.5 Å². The van der Waals surface area contributed by atoms with Crippen molar-refractivity contribution in [2.24, 2.45) is 0 Å². The van der Waals surface area contributed by atoms with Gasteiger partial charge < -0.3 is 0 Å². The second kappa shape index (κ2) is 12.3. The molecule has 0 aliphatic carbocycles. The molecule has 0 saturated carbocycles. The van der Waals surface area contributed by atoms with E-state index in [1.54, 1.807) is 0 Å². The van der Waals surface area contributed by atoms with Gasteiger partial charge in [0.25, 0.3) is 0 Å². The number of hydrogen-bond acceptors (Lipinski definition) is 4. The molecule has 0 amide bonds. The minimum atomic E-state index is -3.73. The quantitative estimate of drug-likeness (QED) is 0.483. The van der Waals surface area contributed by atoms with Crippen LogP contribution in [-0.2, 0) is 10.0 Å². The van der Waals surface area contributed by atoms with E-state index in [0.29, 0.717) is 19.3 Å². The first kappa shape index (κ1) is 21.9. The summed E-state index contributed by atoms with van der Waals surface area (Å²) in [5.74, 6) is 0. The second-order valence-electron chi connectivity index (χ2n) is 6.03. The summed E-state index contributed by atoms with van der Waals surface area (Å²) in [6.07, 6.45) is 9.12. The molecule has 0 fully saturated rings. The summed E-state index contributed by atoms with van der Waals surface area (Å²) in [6.45, 7) is 4.14. The standard InChI is InChI=1S/C17H31N3O2S/c1-3-5-6-7-8-9-10-13-17(16-19,12-4-2)23(21,22)20-15-11-14-18/h20H,3-13,15H2,1-2H3. The lowest BCUT2D eigenvalue weighted by molar-refractivity contribution is 0.477. The minimum absolute atomic E-state index is 0.0724. The summed E-state index contributed by atoms with van der Waals surface area (Å²) >= 11 is 0. The number of nitrogens with one attached hydrogen (secondary N) is 1. The van der Waals surface area contributed by atoms with Gasteiger partial charge in [0.2, 0.25) is 10.0 Å². The molecule has 0 heterocycles. The molecule has 0 aromatic carbocycles. The Morgan fingerprint density at radius 1 is 0.913 bits per heavy atom. The maximum Gasteiger partial charge on any atom is 0.230 e. The SMILES string of the molecule is CCCCCCCCCC(C#N)(CCC)S(=O)(=O)NCCC#N. The van der Waals surface area contributed by atoms with Crippen LogP contribution in [0.1, 0.15) is 84.5 Å². The molecule has 0 aliphatic rings. The summed E-state index contributed by atoms with van der Waals surface area (Å²) in [6, 6.07) is 3.97. The van der Waals surface area contributed by atoms with Gasteiger partial charge in [-0.05, 0) is 12.8 Å². The van der Waals surface area contributed by atoms with E-state index in [2.05, 4.69) is 17.7 Å². The average Bonchev–Trinajstić information content (AvgIpc) is 2.53. The van der Waals surface area contributed by atoms with Crippen LogP contribution in [0.15, 0.2) is 0 Å². The van der Waals surface area contributed by atoms with Gasteiger partial charge in [0.15, 0.2) is 4.75 Å². The van der Waals surface area contributed by atoms with E-state index in [4.69, 9.17) is 5.26 Å². The van der Waals surface area contributed by atoms with E-state index in [0.717, 1.165) is 19.3 Å². The van der Waals surface area contributed by atoms with Gasteiger partial charge in [-0.1, -0.05) is 65.2 Å². The van der Waals surface area contributed by atoms with Crippen molar-refractivity contribution < 1.29 is 8.42 Å². The van der Waals surface area contributed by atoms with Crippen LogP contribution < -0.4 is 4.72 Å². The molecular formula is C17H31N3O2S. The third-order valence-corrected chi connectivity index (χ3v) is 6.20. The van der Waals surface area contributed by atoms with E-state index in [1.165, 1.54) is 25.7 Å². The number of nitriles is 2. The van der Waals surface area contributed by atoms with Crippen molar-refractivity contribution in [3.05, 3.63) is 0 Å². The molecule has 0 aromatic rings. The van der Waals surface area contributed by atoms with Crippen LogP contribution in [0, 0.1) is 22.7 Å². The van der Waals surface area contributed by atoms with Crippen molar-refractivity contribution in [1.82, 2.24) is 4.72 Å². The zero-order chi connectivity index (χ0) is 17.6. The van der Waals surface area contributed by atoms with Crippen molar-refractivity contribution in [3.8, 4) is 12.1 Å². The summed E-state index contributed by atoms with van der Waals surface area (Å²) in [5, 5.41) is 18.1. The van der Waals surface area contributed by atoms with Gasteiger partial charge >= 0.3 is 0 Å². The number of rotatable bonds is 14. The molecule has 23 heavy (non-hydrogen) atoms. The molecule has 0 rings (SSSR count). The first-order chi connectivity index (χ1) is 11.0. The first-order valence-corrected chi connectivity index (χ1v) is 10.3. The van der Waals surface area contributed by atoms with Crippen LogP contribution in [-0.4, -0.2) is 19.7 Å².